The van der Waals surface area contributed by atoms with Crippen molar-refractivity contribution >= 4 is 21.6 Å². The van der Waals surface area contributed by atoms with Crippen molar-refractivity contribution in [2.75, 3.05) is 36.9 Å². The Morgan fingerprint density at radius 2 is 1.83 bits per heavy atom. The Hall–Kier alpha value is -1.60. The van der Waals surface area contributed by atoms with Gasteiger partial charge >= 0.3 is 0 Å². The van der Waals surface area contributed by atoms with Gasteiger partial charge in [0.2, 0.25) is 15.9 Å². The second kappa shape index (κ2) is 7.31. The van der Waals surface area contributed by atoms with Gasteiger partial charge in [0.05, 0.1) is 25.2 Å². The van der Waals surface area contributed by atoms with Gasteiger partial charge in [-0.25, -0.2) is 8.42 Å². The number of carbonyl (C=O) groups is 1. The van der Waals surface area contributed by atoms with Gasteiger partial charge in [0, 0.05) is 13.1 Å². The zero-order valence-electron chi connectivity index (χ0n) is 13.9. The number of ether oxygens (including phenoxy) is 1. The van der Waals surface area contributed by atoms with Crippen LogP contribution in [0.25, 0.3) is 0 Å². The second-order valence-electron chi connectivity index (χ2n) is 5.76. The van der Waals surface area contributed by atoms with Crippen LogP contribution >= 0.6 is 0 Å². The van der Waals surface area contributed by atoms with Crippen LogP contribution in [-0.4, -0.2) is 57.8 Å². The number of aryl methyl sites for hydroxylation is 1. The minimum absolute atomic E-state index is 0.165. The number of hydrogen-bond acceptors (Lipinski definition) is 4. The normalized spacial score (nSPS) is 16.9. The first-order valence-electron chi connectivity index (χ1n) is 7.77. The number of rotatable bonds is 5. The Morgan fingerprint density at radius 3 is 2.30 bits per heavy atom. The first kappa shape index (κ1) is 17.7. The van der Waals surface area contributed by atoms with Crippen molar-refractivity contribution < 1.29 is 17.9 Å². The van der Waals surface area contributed by atoms with Crippen molar-refractivity contribution in [3.63, 3.8) is 0 Å². The summed E-state index contributed by atoms with van der Waals surface area (Å²) >= 11 is 0. The summed E-state index contributed by atoms with van der Waals surface area (Å²) in [6.07, 6.45) is 1.55. The maximum atomic E-state index is 12.8. The van der Waals surface area contributed by atoms with E-state index in [9.17, 15) is 13.2 Å². The molecule has 6 nitrogen and oxygen atoms in total. The standard InChI is InChI=1S/C16H24N2O4S/c1-4-15(16(19)17-9-11-22-12-10-17)18(23(3,20)21)14-7-5-13(2)6-8-14/h5-8,15H,4,9-12H2,1-3H3/t15-/m0/s1. The highest BCUT2D eigenvalue weighted by Gasteiger charge is 2.34. The lowest BCUT2D eigenvalue weighted by Gasteiger charge is -2.35. The van der Waals surface area contributed by atoms with Crippen molar-refractivity contribution in [3.05, 3.63) is 29.8 Å². The van der Waals surface area contributed by atoms with Crippen molar-refractivity contribution in [2.45, 2.75) is 26.3 Å². The molecule has 0 bridgehead atoms. The molecule has 0 unspecified atom stereocenters. The smallest absolute Gasteiger partial charge is 0.246 e. The van der Waals surface area contributed by atoms with Crippen LogP contribution in [0.5, 0.6) is 0 Å². The van der Waals surface area contributed by atoms with Crippen LogP contribution in [0.3, 0.4) is 0 Å². The van der Waals surface area contributed by atoms with Crippen molar-refractivity contribution in [1.29, 1.82) is 0 Å². The molecule has 1 atom stereocenters. The van der Waals surface area contributed by atoms with Gasteiger partial charge in [-0.1, -0.05) is 24.6 Å². The highest BCUT2D eigenvalue weighted by molar-refractivity contribution is 7.92. The lowest BCUT2D eigenvalue weighted by atomic mass is 10.1. The lowest BCUT2D eigenvalue weighted by Crippen LogP contribution is -2.53. The van der Waals surface area contributed by atoms with Crippen LogP contribution in [0.15, 0.2) is 24.3 Å². The number of amides is 1. The fourth-order valence-electron chi connectivity index (χ4n) is 2.73. The van der Waals surface area contributed by atoms with Gasteiger partial charge in [-0.15, -0.1) is 0 Å². The molecule has 23 heavy (non-hydrogen) atoms. The molecule has 128 valence electrons. The summed E-state index contributed by atoms with van der Waals surface area (Å²) < 4.78 is 31.2. The molecule has 1 aromatic rings. The van der Waals surface area contributed by atoms with Gasteiger partial charge in [0.15, 0.2) is 0 Å². The molecule has 0 spiro atoms. The molecule has 0 aromatic heterocycles. The molecule has 1 amide bonds. The van der Waals surface area contributed by atoms with Crippen molar-refractivity contribution in [3.8, 4) is 0 Å². The van der Waals surface area contributed by atoms with Crippen molar-refractivity contribution in [2.24, 2.45) is 0 Å². The van der Waals surface area contributed by atoms with E-state index in [1.807, 2.05) is 26.0 Å². The van der Waals surface area contributed by atoms with Crippen LogP contribution in [0.1, 0.15) is 18.9 Å². The number of anilines is 1. The van der Waals surface area contributed by atoms with Crippen LogP contribution in [0.4, 0.5) is 5.69 Å². The van der Waals surface area contributed by atoms with Gasteiger partial charge in [-0.3, -0.25) is 9.10 Å². The SMILES string of the molecule is CC[C@@H](C(=O)N1CCOCC1)N(c1ccc(C)cc1)S(C)(=O)=O. The molecular formula is C16H24N2O4S. The maximum Gasteiger partial charge on any atom is 0.246 e. The largest absolute Gasteiger partial charge is 0.378 e. The topological polar surface area (TPSA) is 66.9 Å². The summed E-state index contributed by atoms with van der Waals surface area (Å²) in [7, 11) is -3.57. The third-order valence-corrected chi connectivity index (χ3v) is 5.10. The summed E-state index contributed by atoms with van der Waals surface area (Å²) in [6, 6.07) is 6.45. The first-order chi connectivity index (χ1) is 10.8. The van der Waals surface area contributed by atoms with Gasteiger partial charge in [0.25, 0.3) is 0 Å². The van der Waals surface area contributed by atoms with E-state index in [2.05, 4.69) is 0 Å². The van der Waals surface area contributed by atoms with E-state index in [1.165, 1.54) is 4.31 Å². The molecule has 1 saturated heterocycles. The highest BCUT2D eigenvalue weighted by Crippen LogP contribution is 2.24. The zero-order chi connectivity index (χ0) is 17.0. The Balaban J connectivity index is 2.35. The summed E-state index contributed by atoms with van der Waals surface area (Å²) in [5, 5.41) is 0. The zero-order valence-corrected chi connectivity index (χ0v) is 14.7. The van der Waals surface area contributed by atoms with E-state index in [0.717, 1.165) is 11.8 Å². The number of carbonyl (C=O) groups excluding carboxylic acids is 1. The third-order valence-electron chi connectivity index (χ3n) is 3.92. The van der Waals surface area contributed by atoms with E-state index < -0.39 is 16.1 Å². The van der Waals surface area contributed by atoms with E-state index in [0.29, 0.717) is 38.4 Å². The van der Waals surface area contributed by atoms with Crippen LogP contribution < -0.4 is 4.31 Å². The minimum atomic E-state index is -3.57. The summed E-state index contributed by atoms with van der Waals surface area (Å²) in [5.74, 6) is -0.165. The molecule has 7 heteroatoms. The maximum absolute atomic E-state index is 12.8. The van der Waals surface area contributed by atoms with Crippen molar-refractivity contribution in [1.82, 2.24) is 4.90 Å². The van der Waals surface area contributed by atoms with E-state index in [-0.39, 0.29) is 5.91 Å². The summed E-state index contributed by atoms with van der Waals surface area (Å²) in [6.45, 7) is 5.75. The van der Waals surface area contributed by atoms with Crippen LogP contribution in [0.2, 0.25) is 0 Å². The monoisotopic (exact) mass is 340 g/mol. The summed E-state index contributed by atoms with van der Waals surface area (Å²) in [4.78, 5) is 14.5. The quantitative estimate of drug-likeness (QED) is 0.813. The predicted molar refractivity (Wildman–Crippen MR) is 90.0 cm³/mol. The molecule has 2 rings (SSSR count). The number of benzene rings is 1. The average Bonchev–Trinajstić information content (AvgIpc) is 2.53. The molecule has 1 aromatic carbocycles. The molecule has 1 aliphatic heterocycles. The molecule has 1 aliphatic rings. The second-order valence-corrected chi connectivity index (χ2v) is 7.62. The van der Waals surface area contributed by atoms with Gasteiger partial charge in [0.1, 0.15) is 6.04 Å². The Labute approximate surface area is 138 Å². The number of nitrogens with zero attached hydrogens (tertiary/aromatic N) is 2. The molecular weight excluding hydrogens is 316 g/mol. The number of hydrogen-bond donors (Lipinski definition) is 0. The predicted octanol–water partition coefficient (Wildman–Crippen LogP) is 1.40. The Bertz CT molecular complexity index is 637. The highest BCUT2D eigenvalue weighted by atomic mass is 32.2. The molecule has 1 heterocycles. The van der Waals surface area contributed by atoms with Crippen LogP contribution in [-0.2, 0) is 19.6 Å². The molecule has 0 aliphatic carbocycles. The summed E-state index contributed by atoms with van der Waals surface area (Å²) in [5.41, 5.74) is 1.56. The minimum Gasteiger partial charge on any atom is -0.378 e. The van der Waals surface area contributed by atoms with Crippen LogP contribution in [0, 0.1) is 6.92 Å². The Morgan fingerprint density at radius 1 is 1.26 bits per heavy atom. The van der Waals surface area contributed by atoms with Gasteiger partial charge in [-0.05, 0) is 25.5 Å². The lowest BCUT2D eigenvalue weighted by molar-refractivity contribution is -0.136. The molecule has 0 radical (unpaired) electrons. The molecule has 0 saturated carbocycles. The van der Waals surface area contributed by atoms with Gasteiger partial charge in [-0.2, -0.15) is 0 Å². The fraction of sp³-hybridized carbons (Fsp3) is 0.562. The third kappa shape index (κ3) is 4.23. The average molecular weight is 340 g/mol. The van der Waals surface area contributed by atoms with E-state index >= 15 is 0 Å². The van der Waals surface area contributed by atoms with E-state index in [4.69, 9.17) is 4.74 Å². The Kier molecular flexibility index (Phi) is 5.64. The molecule has 1 fully saturated rings. The number of sulfonamides is 1. The molecule has 0 N–H and O–H groups in total. The number of morpholine rings is 1. The first-order valence-corrected chi connectivity index (χ1v) is 9.62. The fourth-order valence-corrected chi connectivity index (χ4v) is 3.94. The van der Waals surface area contributed by atoms with Gasteiger partial charge < -0.3 is 9.64 Å². The van der Waals surface area contributed by atoms with E-state index in [1.54, 1.807) is 17.0 Å².